The summed E-state index contributed by atoms with van der Waals surface area (Å²) >= 11 is 3.50. The molecular weight excluding hydrogens is 374 g/mol. The Morgan fingerprint density at radius 1 is 1.29 bits per heavy atom. The summed E-state index contributed by atoms with van der Waals surface area (Å²) in [6, 6.07) is 7.14. The summed E-state index contributed by atoms with van der Waals surface area (Å²) in [6.45, 7) is 6.01. The fourth-order valence-corrected chi connectivity index (χ4v) is 2.62. The van der Waals surface area contributed by atoms with Crippen molar-refractivity contribution in [3.8, 4) is 5.69 Å². The second-order valence-electron chi connectivity index (χ2n) is 5.86. The van der Waals surface area contributed by atoms with Gasteiger partial charge in [0.05, 0.1) is 21.5 Å². The number of carboxylic acid groups (broad SMARTS) is 1. The molecular formula is C17H20BrN3O3. The molecule has 0 saturated heterocycles. The minimum Gasteiger partial charge on any atom is -0.481 e. The molecule has 1 unspecified atom stereocenters. The Balaban J connectivity index is 2.05. The lowest BCUT2D eigenvalue weighted by molar-refractivity contribution is -0.137. The number of amides is 1. The van der Waals surface area contributed by atoms with E-state index in [-0.39, 0.29) is 18.2 Å². The Kier molecular flexibility index (Phi) is 5.77. The van der Waals surface area contributed by atoms with Gasteiger partial charge in [-0.2, -0.15) is 5.10 Å². The molecule has 1 aromatic carbocycles. The molecule has 0 aliphatic rings. The first-order valence-corrected chi connectivity index (χ1v) is 8.41. The molecule has 1 amide bonds. The fourth-order valence-electron chi connectivity index (χ4n) is 2.37. The number of aryl methyl sites for hydroxylation is 1. The van der Waals surface area contributed by atoms with Crippen LogP contribution in [-0.2, 0) is 4.79 Å². The van der Waals surface area contributed by atoms with Gasteiger partial charge in [-0.3, -0.25) is 9.59 Å². The lowest BCUT2D eigenvalue weighted by Gasteiger charge is -2.11. The SMILES string of the molecule is Cc1nn(-c2ccc(C(=O)NCC(C)CC(=O)O)cc2)c(C)c1Br. The summed E-state index contributed by atoms with van der Waals surface area (Å²) in [5, 5.41) is 15.9. The molecule has 24 heavy (non-hydrogen) atoms. The van der Waals surface area contributed by atoms with E-state index in [0.29, 0.717) is 12.1 Å². The zero-order valence-electron chi connectivity index (χ0n) is 13.8. The van der Waals surface area contributed by atoms with E-state index >= 15 is 0 Å². The van der Waals surface area contributed by atoms with Crippen molar-refractivity contribution in [2.45, 2.75) is 27.2 Å². The van der Waals surface area contributed by atoms with E-state index in [1.165, 1.54) is 0 Å². The third kappa shape index (κ3) is 4.23. The number of aliphatic carboxylic acids is 1. The van der Waals surface area contributed by atoms with Crippen molar-refractivity contribution < 1.29 is 14.7 Å². The highest BCUT2D eigenvalue weighted by Gasteiger charge is 2.13. The molecule has 0 saturated carbocycles. The zero-order chi connectivity index (χ0) is 17.9. The van der Waals surface area contributed by atoms with E-state index in [4.69, 9.17) is 5.11 Å². The molecule has 1 aromatic heterocycles. The zero-order valence-corrected chi connectivity index (χ0v) is 15.4. The standard InChI is InChI=1S/C17H20BrN3O3/c1-10(8-15(22)23)9-19-17(24)13-4-6-14(7-5-13)21-12(3)16(18)11(2)20-21/h4-7,10H,8-9H2,1-3H3,(H,19,24)(H,22,23). The van der Waals surface area contributed by atoms with Gasteiger partial charge in [-0.15, -0.1) is 0 Å². The van der Waals surface area contributed by atoms with Crippen molar-refractivity contribution in [2.75, 3.05) is 6.54 Å². The molecule has 0 spiro atoms. The number of carbonyl (C=O) groups excluding carboxylic acids is 1. The van der Waals surface area contributed by atoms with Gasteiger partial charge in [0, 0.05) is 18.5 Å². The lowest BCUT2D eigenvalue weighted by atomic mass is 10.1. The van der Waals surface area contributed by atoms with Gasteiger partial charge in [-0.05, 0) is 60.0 Å². The number of nitrogens with zero attached hydrogens (tertiary/aromatic N) is 2. The molecule has 6 nitrogen and oxygen atoms in total. The number of carbonyl (C=O) groups is 2. The number of hydrogen-bond donors (Lipinski definition) is 2. The molecule has 0 fully saturated rings. The predicted octanol–water partition coefficient (Wildman–Crippen LogP) is 3.09. The van der Waals surface area contributed by atoms with Crippen LogP contribution in [0.3, 0.4) is 0 Å². The maximum atomic E-state index is 12.1. The van der Waals surface area contributed by atoms with E-state index in [2.05, 4.69) is 26.3 Å². The van der Waals surface area contributed by atoms with Crippen molar-refractivity contribution in [3.63, 3.8) is 0 Å². The summed E-state index contributed by atoms with van der Waals surface area (Å²) in [5.41, 5.74) is 3.30. The summed E-state index contributed by atoms with van der Waals surface area (Å²) in [4.78, 5) is 22.7. The molecule has 0 bridgehead atoms. The average molecular weight is 394 g/mol. The summed E-state index contributed by atoms with van der Waals surface area (Å²) in [5.74, 6) is -1.19. The number of carboxylic acids is 1. The van der Waals surface area contributed by atoms with E-state index < -0.39 is 5.97 Å². The number of benzene rings is 1. The van der Waals surface area contributed by atoms with Gasteiger partial charge < -0.3 is 10.4 Å². The Morgan fingerprint density at radius 3 is 2.42 bits per heavy atom. The van der Waals surface area contributed by atoms with Gasteiger partial charge in [0.2, 0.25) is 0 Å². The van der Waals surface area contributed by atoms with E-state index in [1.54, 1.807) is 19.1 Å². The minimum absolute atomic E-state index is 0.0338. The van der Waals surface area contributed by atoms with Gasteiger partial charge in [0.1, 0.15) is 0 Å². The molecule has 2 N–H and O–H groups in total. The molecule has 1 heterocycles. The third-order valence-electron chi connectivity index (χ3n) is 3.71. The average Bonchev–Trinajstić information content (AvgIpc) is 2.79. The van der Waals surface area contributed by atoms with Crippen LogP contribution in [0.5, 0.6) is 0 Å². The first kappa shape index (κ1) is 18.2. The van der Waals surface area contributed by atoms with E-state index in [1.807, 2.05) is 30.7 Å². The Bertz CT molecular complexity index is 753. The van der Waals surface area contributed by atoms with E-state index in [0.717, 1.165) is 21.5 Å². The molecule has 7 heteroatoms. The van der Waals surface area contributed by atoms with Gasteiger partial charge in [0.25, 0.3) is 5.91 Å². The number of aromatic nitrogens is 2. The molecule has 2 aromatic rings. The monoisotopic (exact) mass is 393 g/mol. The smallest absolute Gasteiger partial charge is 0.303 e. The topological polar surface area (TPSA) is 84.2 Å². The summed E-state index contributed by atoms with van der Waals surface area (Å²) in [6.07, 6.45) is 0.0338. The molecule has 128 valence electrons. The van der Waals surface area contributed by atoms with Crippen LogP contribution in [0.2, 0.25) is 0 Å². The maximum absolute atomic E-state index is 12.1. The van der Waals surface area contributed by atoms with Gasteiger partial charge in [-0.1, -0.05) is 6.92 Å². The van der Waals surface area contributed by atoms with Crippen molar-refractivity contribution in [3.05, 3.63) is 45.7 Å². The second-order valence-corrected chi connectivity index (χ2v) is 6.65. The van der Waals surface area contributed by atoms with Crippen LogP contribution in [0.25, 0.3) is 5.69 Å². The number of nitrogens with one attached hydrogen (secondary N) is 1. The Labute approximate surface area is 149 Å². The first-order chi connectivity index (χ1) is 11.3. The molecule has 0 aliphatic heterocycles. The molecule has 0 radical (unpaired) electrons. The highest BCUT2D eigenvalue weighted by molar-refractivity contribution is 9.10. The molecule has 0 aliphatic carbocycles. The van der Waals surface area contributed by atoms with Crippen LogP contribution in [-0.4, -0.2) is 33.3 Å². The number of rotatable bonds is 6. The summed E-state index contributed by atoms with van der Waals surface area (Å²) in [7, 11) is 0. The van der Waals surface area contributed by atoms with Crippen LogP contribution in [0.1, 0.15) is 35.1 Å². The third-order valence-corrected chi connectivity index (χ3v) is 4.86. The van der Waals surface area contributed by atoms with Crippen LogP contribution >= 0.6 is 15.9 Å². The molecule has 1 atom stereocenters. The number of halogens is 1. The van der Waals surface area contributed by atoms with Gasteiger partial charge in [-0.25, -0.2) is 4.68 Å². The van der Waals surface area contributed by atoms with Crippen molar-refractivity contribution in [1.82, 2.24) is 15.1 Å². The van der Waals surface area contributed by atoms with Crippen molar-refractivity contribution >= 4 is 27.8 Å². The van der Waals surface area contributed by atoms with Crippen LogP contribution < -0.4 is 5.32 Å². The largest absolute Gasteiger partial charge is 0.481 e. The summed E-state index contributed by atoms with van der Waals surface area (Å²) < 4.78 is 2.78. The highest BCUT2D eigenvalue weighted by Crippen LogP contribution is 2.23. The highest BCUT2D eigenvalue weighted by atomic mass is 79.9. The van der Waals surface area contributed by atoms with Gasteiger partial charge in [0.15, 0.2) is 0 Å². The van der Waals surface area contributed by atoms with Crippen LogP contribution in [0, 0.1) is 19.8 Å². The predicted molar refractivity (Wildman–Crippen MR) is 94.5 cm³/mol. The molecule has 2 rings (SSSR count). The van der Waals surface area contributed by atoms with E-state index in [9.17, 15) is 9.59 Å². The van der Waals surface area contributed by atoms with Crippen molar-refractivity contribution in [1.29, 1.82) is 0 Å². The van der Waals surface area contributed by atoms with Crippen LogP contribution in [0.4, 0.5) is 0 Å². The number of hydrogen-bond acceptors (Lipinski definition) is 3. The van der Waals surface area contributed by atoms with Crippen molar-refractivity contribution in [2.24, 2.45) is 5.92 Å². The Hall–Kier alpha value is -2.15. The Morgan fingerprint density at radius 2 is 1.92 bits per heavy atom. The quantitative estimate of drug-likeness (QED) is 0.789. The van der Waals surface area contributed by atoms with Gasteiger partial charge >= 0.3 is 5.97 Å². The lowest BCUT2D eigenvalue weighted by Crippen LogP contribution is -2.29. The first-order valence-electron chi connectivity index (χ1n) is 7.61. The second kappa shape index (κ2) is 7.61. The maximum Gasteiger partial charge on any atom is 0.303 e. The fraction of sp³-hybridized carbons (Fsp3) is 0.353. The normalized spacial score (nSPS) is 12.0. The minimum atomic E-state index is -0.864. The van der Waals surface area contributed by atoms with Crippen LogP contribution in [0.15, 0.2) is 28.7 Å².